The molecule has 0 aromatic heterocycles. The summed E-state index contributed by atoms with van der Waals surface area (Å²) in [5, 5.41) is 17.1. The Labute approximate surface area is 587 Å². The first kappa shape index (κ1) is 76.2. The second kappa shape index (κ2) is 34.5. The van der Waals surface area contributed by atoms with Gasteiger partial charge >= 0.3 is 23.9 Å². The number of carbonyl (C=O) groups excluding carboxylic acids is 12. The average molecular weight is 1430 g/mol. The van der Waals surface area contributed by atoms with Gasteiger partial charge in [-0.05, 0) is 123 Å². The number of methoxy groups -OCH3 is 2. The highest BCUT2D eigenvalue weighted by atomic mass is 32.2. The predicted molar refractivity (Wildman–Crippen MR) is 370 cm³/mol. The molecule has 7 heterocycles. The van der Waals surface area contributed by atoms with Gasteiger partial charge in [0.05, 0.1) is 26.1 Å². The number of amides is 6. The fraction of sp³-hybridized carbons (Fsp3) is 0.270. The molecule has 0 radical (unpaired) electrons. The van der Waals surface area contributed by atoms with E-state index in [1.807, 2.05) is 69.3 Å². The van der Waals surface area contributed by atoms with Crippen LogP contribution in [0, 0.1) is 11.8 Å². The number of ether oxygens (including phenoxy) is 4. The third kappa shape index (κ3) is 22.8. The van der Waals surface area contributed by atoms with E-state index < -0.39 is 120 Å². The molecule has 14 rings (SSSR count). The molecule has 0 saturated carbocycles. The van der Waals surface area contributed by atoms with Crippen LogP contribution < -0.4 is 41.4 Å². The van der Waals surface area contributed by atoms with Crippen LogP contribution in [0.5, 0.6) is 11.5 Å². The number of carbonyl (C=O) groups is 12. The summed E-state index contributed by atoms with van der Waals surface area (Å²) in [6, 6.07) is 44.5. The maximum Gasteiger partial charge on any atom is 0.326 e. The first-order chi connectivity index (χ1) is 48.4. The van der Waals surface area contributed by atoms with Crippen molar-refractivity contribution in [3.63, 3.8) is 0 Å². The van der Waals surface area contributed by atoms with E-state index in [9.17, 15) is 74.4 Å². The molecule has 0 fully saturated rings. The number of benzene rings is 7. The Morgan fingerprint density at radius 3 is 0.863 bits per heavy atom. The van der Waals surface area contributed by atoms with Gasteiger partial charge in [0.15, 0.2) is 19.7 Å². The quantitative estimate of drug-likeness (QED) is 0.0890. The topological polar surface area (TPSA) is 382 Å². The average Bonchev–Trinajstić information content (AvgIpc) is 0.822. The summed E-state index contributed by atoms with van der Waals surface area (Å²) in [5.74, 6) is -18.3. The third-order valence-electron chi connectivity index (χ3n) is 16.0. The summed E-state index contributed by atoms with van der Waals surface area (Å²) in [4.78, 5) is 155. The van der Waals surface area contributed by atoms with Gasteiger partial charge in [0, 0.05) is 85.5 Å². The first-order valence-corrected chi connectivity index (χ1v) is 35.5. The fourth-order valence-corrected chi connectivity index (χ4v) is 12.8. The molecule has 7 aliphatic rings. The van der Waals surface area contributed by atoms with E-state index in [-0.39, 0.29) is 59.3 Å². The van der Waals surface area contributed by atoms with E-state index in [1.165, 1.54) is 54.6 Å². The van der Waals surface area contributed by atoms with Gasteiger partial charge in [-0.3, -0.25) is 57.5 Å². The van der Waals surface area contributed by atoms with Crippen LogP contribution in [0.1, 0.15) is 135 Å². The molecular formula is C74H74N6O20S2. The predicted octanol–water partition coefficient (Wildman–Crippen LogP) is 5.71. The minimum atomic E-state index is -4.54. The summed E-state index contributed by atoms with van der Waals surface area (Å²) in [5.41, 5.74) is 6.93. The normalized spacial score (nSPS) is 17.8. The Morgan fingerprint density at radius 1 is 0.363 bits per heavy atom. The van der Waals surface area contributed by atoms with Gasteiger partial charge in [0.25, 0.3) is 35.4 Å². The van der Waals surface area contributed by atoms with Crippen LogP contribution in [0.15, 0.2) is 164 Å². The summed E-state index contributed by atoms with van der Waals surface area (Å²) >= 11 is 0. The standard InChI is InChI=1S/C42H46N2O16S2.C32H28N4O4/c1-42(2,3)29-15-27-14-28(16-29)39(50)44-20-26-8-12-33(13-9-26)60-37(48)24-62(55,56)22-31(46)18-35(41(52)58-5)34(40(51)57-4)17-30(45)21-61(53,54)23-36(47)59-32-10-6-25(7-11-32)19-43-38(27)49;37-29-25-3-1-4-26(15-25)30(38)34-18-22-9-13-24(14-10-22)20-36-32(40)28-6-2-5-27(16-28)31(39)35-19-23-11-7-21(8-12-23)17-33-29/h6-16,34-35H,17-24H2,1-5H3,(H,43,49)(H,44,50);1-16H,17-20H2,(H,33,37)(H,34,38)(H,35,39)(H,36,40)/t34-,35-;/m0./s1. The van der Waals surface area contributed by atoms with Crippen molar-refractivity contribution in [1.82, 2.24) is 31.9 Å². The number of esters is 4. The van der Waals surface area contributed by atoms with E-state index >= 15 is 0 Å². The number of fused-ring (bicyclic) bond motifs is 2. The highest BCUT2D eigenvalue weighted by Gasteiger charge is 2.40. The largest absolute Gasteiger partial charge is 0.469 e. The highest BCUT2D eigenvalue weighted by Crippen LogP contribution is 2.28. The third-order valence-corrected chi connectivity index (χ3v) is 18.9. The van der Waals surface area contributed by atoms with Gasteiger partial charge in [-0.25, -0.2) is 16.8 Å². The minimum Gasteiger partial charge on any atom is -0.469 e. The van der Waals surface area contributed by atoms with E-state index in [2.05, 4.69) is 41.4 Å². The van der Waals surface area contributed by atoms with E-state index in [1.54, 1.807) is 60.7 Å². The molecule has 102 heavy (non-hydrogen) atoms. The van der Waals surface area contributed by atoms with Gasteiger partial charge in [-0.1, -0.05) is 106 Å². The van der Waals surface area contributed by atoms with Crippen molar-refractivity contribution in [2.45, 2.75) is 78.3 Å². The molecule has 7 aromatic rings. The van der Waals surface area contributed by atoms with Gasteiger partial charge in [-0.15, -0.1) is 0 Å². The van der Waals surface area contributed by atoms with Crippen LogP contribution in [-0.4, -0.2) is 125 Å². The van der Waals surface area contributed by atoms with Gasteiger partial charge in [0.1, 0.15) is 46.1 Å². The van der Waals surface area contributed by atoms with Crippen molar-refractivity contribution in [1.29, 1.82) is 0 Å². The molecule has 7 aromatic carbocycles. The Bertz CT molecular complexity index is 4200. The number of Topliss-reactive ketones (excluding diaryl/α,β-unsaturated/α-hetero) is 2. The number of nitrogens with one attached hydrogen (secondary N) is 6. The minimum absolute atomic E-state index is 0.0174. The molecule has 0 saturated heterocycles. The van der Waals surface area contributed by atoms with Crippen LogP contribution in [0.4, 0.5) is 0 Å². The lowest BCUT2D eigenvalue weighted by molar-refractivity contribution is -0.159. The van der Waals surface area contributed by atoms with E-state index in [4.69, 9.17) is 9.47 Å². The van der Waals surface area contributed by atoms with Crippen LogP contribution >= 0.6 is 0 Å². The number of sulfone groups is 2. The van der Waals surface area contributed by atoms with Gasteiger partial charge in [-0.2, -0.15) is 0 Å². The lowest BCUT2D eigenvalue weighted by Crippen LogP contribution is -2.37. The second-order valence-corrected chi connectivity index (χ2v) is 29.1. The van der Waals surface area contributed by atoms with Gasteiger partial charge in [0.2, 0.25) is 0 Å². The Morgan fingerprint density at radius 2 is 0.608 bits per heavy atom. The fourth-order valence-electron chi connectivity index (χ4n) is 10.5. The summed E-state index contributed by atoms with van der Waals surface area (Å²) < 4.78 is 71.2. The SMILES string of the molecule is COC(=O)[C@H]1CC(=O)CS(=O)(=O)CC(=O)Oc2ccc(cc2)CNC(=O)c2cc(cc(C(C)(C)C)c2)C(=O)NCc2ccc(cc2)OC(=O)CS(=O)(=O)CC(=O)C[C@@H]1C(=O)OC.O=C1NCc2ccc(cc2)CNC(=O)c2cccc(c2)C(=O)NCc2ccc(cc2)CNC(=O)c2cccc1c2. The molecule has 6 amide bonds. The zero-order valence-electron chi connectivity index (χ0n) is 56.2. The molecule has 0 unspecified atom stereocenters. The van der Waals surface area contributed by atoms with Crippen molar-refractivity contribution in [3.8, 4) is 11.5 Å². The number of hydrogen-bond donors (Lipinski definition) is 6. The smallest absolute Gasteiger partial charge is 0.326 e. The molecule has 7 aliphatic heterocycles. The molecule has 14 bridgehead atoms. The molecule has 0 aliphatic carbocycles. The van der Waals surface area contributed by atoms with Crippen molar-refractivity contribution in [2.24, 2.45) is 11.8 Å². The Balaban J connectivity index is 0.000000283. The van der Waals surface area contributed by atoms with Crippen LogP contribution in [0.2, 0.25) is 0 Å². The van der Waals surface area contributed by atoms with Crippen molar-refractivity contribution in [3.05, 3.63) is 236 Å². The zero-order valence-corrected chi connectivity index (χ0v) is 57.8. The van der Waals surface area contributed by atoms with Crippen LogP contribution in [0.3, 0.4) is 0 Å². The van der Waals surface area contributed by atoms with Gasteiger partial charge < -0.3 is 50.8 Å². The molecule has 26 nitrogen and oxygen atoms in total. The monoisotopic (exact) mass is 1430 g/mol. The molecule has 532 valence electrons. The summed E-state index contributed by atoms with van der Waals surface area (Å²) in [6.07, 6.45) is -1.97. The highest BCUT2D eigenvalue weighted by molar-refractivity contribution is 7.93. The first-order valence-electron chi connectivity index (χ1n) is 31.8. The maximum atomic E-state index is 13.4. The lowest BCUT2D eigenvalue weighted by atomic mass is 9.84. The lowest BCUT2D eigenvalue weighted by Gasteiger charge is -2.22. The molecule has 28 heteroatoms. The molecule has 0 spiro atoms. The second-order valence-electron chi connectivity index (χ2n) is 25.0. The van der Waals surface area contributed by atoms with E-state index in [0.717, 1.165) is 36.5 Å². The number of ketones is 2. The Hall–Kier alpha value is -11.5. The molecule has 2 atom stereocenters. The maximum absolute atomic E-state index is 13.4. The molecule has 6 N–H and O–H groups in total. The summed E-state index contributed by atoms with van der Waals surface area (Å²) in [6.45, 7) is 7.04. The zero-order chi connectivity index (χ0) is 73.9. The van der Waals surface area contributed by atoms with E-state index in [0.29, 0.717) is 65.1 Å². The Kier molecular flexibility index (Phi) is 25.8. The summed E-state index contributed by atoms with van der Waals surface area (Å²) in [7, 11) is -7.29. The van der Waals surface area contributed by atoms with Crippen LogP contribution in [-0.2, 0) is 103 Å². The van der Waals surface area contributed by atoms with Crippen LogP contribution in [0.25, 0.3) is 0 Å². The number of rotatable bonds is 2. The van der Waals surface area contributed by atoms with Crippen molar-refractivity contribution >= 4 is 90.6 Å². The van der Waals surface area contributed by atoms with Crippen molar-refractivity contribution < 1.29 is 93.3 Å². The molecular weight excluding hydrogens is 1360 g/mol. The number of hydrogen-bond acceptors (Lipinski definition) is 20. The van der Waals surface area contributed by atoms with Crippen molar-refractivity contribution in [2.75, 3.05) is 37.2 Å².